The van der Waals surface area contributed by atoms with Crippen LogP contribution in [-0.4, -0.2) is 59.4 Å². The summed E-state index contributed by atoms with van der Waals surface area (Å²) in [5, 5.41) is 1.21. The van der Waals surface area contributed by atoms with Gasteiger partial charge in [-0.3, -0.25) is 14.5 Å². The number of likely N-dealkylation sites (N-methyl/N-ethyl adjacent to an activating group) is 1. The zero-order chi connectivity index (χ0) is 21.4. The Hall–Kier alpha value is -3.12. The number of fused-ring (bicyclic) bond motifs is 2. The van der Waals surface area contributed by atoms with Crippen molar-refractivity contribution in [3.63, 3.8) is 0 Å². The highest BCUT2D eigenvalue weighted by Gasteiger charge is 2.34. The third-order valence-electron chi connectivity index (χ3n) is 6.54. The Kier molecular flexibility index (Phi) is 5.24. The van der Waals surface area contributed by atoms with E-state index in [1.54, 1.807) is 24.3 Å². The van der Waals surface area contributed by atoms with E-state index in [9.17, 15) is 9.59 Å². The Bertz CT molecular complexity index is 1100. The van der Waals surface area contributed by atoms with Crippen LogP contribution in [0.2, 0.25) is 0 Å². The summed E-state index contributed by atoms with van der Waals surface area (Å²) in [5.74, 6) is 0.391. The van der Waals surface area contributed by atoms with Crippen molar-refractivity contribution in [3.05, 3.63) is 65.4 Å². The predicted molar refractivity (Wildman–Crippen MR) is 120 cm³/mol. The third kappa shape index (κ3) is 3.72. The molecule has 1 aromatic heterocycles. The van der Waals surface area contributed by atoms with Crippen LogP contribution in [0.5, 0.6) is 5.75 Å². The lowest BCUT2D eigenvalue weighted by molar-refractivity contribution is 0.0647. The highest BCUT2D eigenvalue weighted by atomic mass is 16.5. The molecule has 2 aromatic carbocycles. The van der Waals surface area contributed by atoms with E-state index in [4.69, 9.17) is 4.74 Å². The SMILES string of the molecule is CN1CCCC1Cc1c[nH]c2ccc(OCCCN3C(=O)c4ccccc4C3=O)cc12. The van der Waals surface area contributed by atoms with Gasteiger partial charge < -0.3 is 14.6 Å². The maximum atomic E-state index is 12.4. The van der Waals surface area contributed by atoms with Crippen molar-refractivity contribution in [3.8, 4) is 5.75 Å². The summed E-state index contributed by atoms with van der Waals surface area (Å²) in [4.78, 5) is 32.0. The number of hydrogen-bond donors (Lipinski definition) is 1. The molecule has 5 rings (SSSR count). The second-order valence-electron chi connectivity index (χ2n) is 8.51. The van der Waals surface area contributed by atoms with E-state index in [-0.39, 0.29) is 11.8 Å². The fourth-order valence-corrected chi connectivity index (χ4v) is 4.76. The summed E-state index contributed by atoms with van der Waals surface area (Å²) < 4.78 is 5.96. The van der Waals surface area contributed by atoms with Crippen molar-refractivity contribution < 1.29 is 14.3 Å². The first kappa shape index (κ1) is 19.8. The fraction of sp³-hybridized carbons (Fsp3) is 0.360. The zero-order valence-electron chi connectivity index (χ0n) is 17.8. The van der Waals surface area contributed by atoms with Gasteiger partial charge in [0.05, 0.1) is 17.7 Å². The number of aromatic nitrogens is 1. The number of amides is 2. The number of ether oxygens (including phenoxy) is 1. The predicted octanol–water partition coefficient (Wildman–Crippen LogP) is 3.87. The summed E-state index contributed by atoms with van der Waals surface area (Å²) in [6.45, 7) is 1.98. The van der Waals surface area contributed by atoms with Crippen molar-refractivity contribution in [2.45, 2.75) is 31.7 Å². The molecule has 0 radical (unpaired) electrons. The quantitative estimate of drug-likeness (QED) is 0.468. The number of imide groups is 1. The molecule has 31 heavy (non-hydrogen) atoms. The van der Waals surface area contributed by atoms with Crippen molar-refractivity contribution in [1.29, 1.82) is 0 Å². The largest absolute Gasteiger partial charge is 0.494 e. The molecule has 0 aliphatic carbocycles. The van der Waals surface area contributed by atoms with Gasteiger partial charge in [-0.15, -0.1) is 0 Å². The maximum Gasteiger partial charge on any atom is 0.261 e. The highest BCUT2D eigenvalue weighted by molar-refractivity contribution is 6.21. The molecule has 2 aliphatic rings. The molecule has 2 amide bonds. The summed E-state index contributed by atoms with van der Waals surface area (Å²) in [5.41, 5.74) is 3.43. The number of H-pyrrole nitrogens is 1. The van der Waals surface area contributed by atoms with Gasteiger partial charge in [-0.2, -0.15) is 0 Å². The molecule has 1 unspecified atom stereocenters. The van der Waals surface area contributed by atoms with Crippen LogP contribution in [0.3, 0.4) is 0 Å². The second kappa shape index (κ2) is 8.19. The molecule has 1 saturated heterocycles. The standard InChI is InChI=1S/C25H27N3O3/c1-27-11-4-6-18(27)14-17-16-26-23-10-9-19(15-22(17)23)31-13-5-12-28-24(29)20-7-2-3-8-21(20)25(28)30/h2-3,7-10,15-16,18,26H,4-6,11-14H2,1H3. The van der Waals surface area contributed by atoms with E-state index in [1.807, 2.05) is 6.07 Å². The third-order valence-corrected chi connectivity index (χ3v) is 6.54. The summed E-state index contributed by atoms with van der Waals surface area (Å²) >= 11 is 0. The molecule has 3 aromatic rings. The van der Waals surface area contributed by atoms with Gasteiger partial charge in [-0.05, 0) is 75.2 Å². The zero-order valence-corrected chi connectivity index (χ0v) is 17.8. The first-order valence-corrected chi connectivity index (χ1v) is 11.0. The Balaban J connectivity index is 1.19. The van der Waals surface area contributed by atoms with Gasteiger partial charge >= 0.3 is 0 Å². The lowest BCUT2D eigenvalue weighted by Gasteiger charge is -2.18. The normalized spacial score (nSPS) is 18.9. The number of nitrogens with zero attached hydrogens (tertiary/aromatic N) is 2. The minimum atomic E-state index is -0.212. The van der Waals surface area contributed by atoms with Crippen LogP contribution in [0.15, 0.2) is 48.7 Å². The van der Waals surface area contributed by atoms with Gasteiger partial charge in [-0.25, -0.2) is 0 Å². The lowest BCUT2D eigenvalue weighted by Crippen LogP contribution is -2.31. The molecule has 6 heteroatoms. The molecule has 6 nitrogen and oxygen atoms in total. The van der Waals surface area contributed by atoms with E-state index in [2.05, 4.69) is 35.3 Å². The van der Waals surface area contributed by atoms with Crippen LogP contribution in [0.25, 0.3) is 10.9 Å². The Morgan fingerprint density at radius 2 is 1.87 bits per heavy atom. The number of hydrogen-bond acceptors (Lipinski definition) is 4. The van der Waals surface area contributed by atoms with Gasteiger partial charge in [0.1, 0.15) is 5.75 Å². The van der Waals surface area contributed by atoms with Gasteiger partial charge in [0.25, 0.3) is 11.8 Å². The average molecular weight is 418 g/mol. The molecule has 1 N–H and O–H groups in total. The molecule has 1 atom stereocenters. The molecule has 160 valence electrons. The van der Waals surface area contributed by atoms with Gasteiger partial charge in [-0.1, -0.05) is 12.1 Å². The summed E-state index contributed by atoms with van der Waals surface area (Å²) in [7, 11) is 2.20. The molecule has 0 saturated carbocycles. The molecule has 1 fully saturated rings. The number of likely N-dealkylation sites (tertiary alicyclic amines) is 1. The number of benzene rings is 2. The summed E-state index contributed by atoms with van der Waals surface area (Å²) in [6, 6.07) is 13.7. The lowest BCUT2D eigenvalue weighted by atomic mass is 10.0. The highest BCUT2D eigenvalue weighted by Crippen LogP contribution is 2.28. The molecular formula is C25H27N3O3. The van der Waals surface area contributed by atoms with Gasteiger partial charge in [0.15, 0.2) is 0 Å². The van der Waals surface area contributed by atoms with E-state index < -0.39 is 0 Å². The van der Waals surface area contributed by atoms with Crippen molar-refractivity contribution in [1.82, 2.24) is 14.8 Å². The Morgan fingerprint density at radius 1 is 1.10 bits per heavy atom. The monoisotopic (exact) mass is 417 g/mol. The fourth-order valence-electron chi connectivity index (χ4n) is 4.76. The maximum absolute atomic E-state index is 12.4. The van der Waals surface area contributed by atoms with E-state index in [1.165, 1.54) is 35.2 Å². The van der Waals surface area contributed by atoms with E-state index in [0.29, 0.717) is 36.7 Å². The van der Waals surface area contributed by atoms with Crippen LogP contribution in [-0.2, 0) is 6.42 Å². The van der Waals surface area contributed by atoms with Crippen LogP contribution in [0, 0.1) is 0 Å². The van der Waals surface area contributed by atoms with Crippen molar-refractivity contribution in [2.75, 3.05) is 26.7 Å². The molecule has 0 spiro atoms. The topological polar surface area (TPSA) is 65.6 Å². The molecule has 2 aliphatic heterocycles. The smallest absolute Gasteiger partial charge is 0.261 e. The van der Waals surface area contributed by atoms with Crippen LogP contribution >= 0.6 is 0 Å². The van der Waals surface area contributed by atoms with Crippen LogP contribution < -0.4 is 4.74 Å². The minimum absolute atomic E-state index is 0.212. The van der Waals surface area contributed by atoms with E-state index >= 15 is 0 Å². The summed E-state index contributed by atoms with van der Waals surface area (Å²) in [6.07, 6.45) is 6.26. The number of nitrogens with one attached hydrogen (secondary N) is 1. The van der Waals surface area contributed by atoms with Crippen LogP contribution in [0.4, 0.5) is 0 Å². The molecule has 0 bridgehead atoms. The van der Waals surface area contributed by atoms with Crippen molar-refractivity contribution >= 4 is 22.7 Å². The Labute approximate surface area is 181 Å². The van der Waals surface area contributed by atoms with Gasteiger partial charge in [0.2, 0.25) is 0 Å². The first-order valence-electron chi connectivity index (χ1n) is 11.0. The second-order valence-corrected chi connectivity index (χ2v) is 8.51. The van der Waals surface area contributed by atoms with Crippen LogP contribution in [0.1, 0.15) is 45.5 Å². The van der Waals surface area contributed by atoms with E-state index in [0.717, 1.165) is 17.7 Å². The average Bonchev–Trinajstić information content (AvgIpc) is 3.45. The number of aromatic amines is 1. The first-order chi connectivity index (χ1) is 15.1. The van der Waals surface area contributed by atoms with Crippen molar-refractivity contribution in [2.24, 2.45) is 0 Å². The Morgan fingerprint density at radius 3 is 2.58 bits per heavy atom. The van der Waals surface area contributed by atoms with Gasteiger partial charge in [0, 0.05) is 29.7 Å². The number of carbonyl (C=O) groups is 2. The number of rotatable bonds is 7. The molecular weight excluding hydrogens is 390 g/mol. The minimum Gasteiger partial charge on any atom is -0.494 e. The number of carbonyl (C=O) groups excluding carboxylic acids is 2. The molecule has 3 heterocycles.